The number of fused-ring (bicyclic) bond motifs is 1. The monoisotopic (exact) mass is 357 g/mol. The molecule has 2 N–H and O–H groups in total. The van der Waals surface area contributed by atoms with Crippen LogP contribution in [0.4, 0.5) is 11.5 Å². The van der Waals surface area contributed by atoms with Crippen molar-refractivity contribution in [3.05, 3.63) is 42.7 Å². The second-order valence-corrected chi connectivity index (χ2v) is 8.08. The number of H-pyrrole nitrogens is 1. The zero-order valence-corrected chi connectivity index (χ0v) is 14.5. The van der Waals surface area contributed by atoms with Gasteiger partial charge in [0, 0.05) is 30.4 Å². The first-order valence-electron chi connectivity index (χ1n) is 8.29. The molecule has 3 aromatic rings. The second-order valence-electron chi connectivity index (χ2n) is 6.14. The van der Waals surface area contributed by atoms with Crippen LogP contribution in [-0.2, 0) is 10.0 Å². The molecule has 1 aliphatic rings. The number of aromatic nitrogens is 3. The van der Waals surface area contributed by atoms with Gasteiger partial charge in [-0.05, 0) is 43.2 Å². The van der Waals surface area contributed by atoms with Gasteiger partial charge in [-0.1, -0.05) is 6.42 Å². The van der Waals surface area contributed by atoms with Gasteiger partial charge in [-0.2, -0.15) is 9.40 Å². The number of piperidine rings is 1. The Kier molecular flexibility index (Phi) is 4.14. The zero-order valence-electron chi connectivity index (χ0n) is 13.6. The van der Waals surface area contributed by atoms with Gasteiger partial charge in [0.15, 0.2) is 0 Å². The van der Waals surface area contributed by atoms with Crippen molar-refractivity contribution in [3.8, 4) is 0 Å². The maximum absolute atomic E-state index is 12.6. The number of hydrogen-bond acceptors (Lipinski definition) is 5. The molecule has 0 spiro atoms. The standard InChI is InChI=1S/C17H19N5O2S/c23-25(24,22-8-2-1-3-9-22)15-5-7-17(18-12-15)20-14-4-6-16-13(10-14)11-19-21-16/h4-7,10-12H,1-3,8-9H2,(H,18,20)(H,19,21). The highest BCUT2D eigenvalue weighted by Gasteiger charge is 2.26. The molecule has 0 aliphatic carbocycles. The van der Waals surface area contributed by atoms with E-state index in [9.17, 15) is 8.42 Å². The summed E-state index contributed by atoms with van der Waals surface area (Å²) >= 11 is 0. The van der Waals surface area contributed by atoms with Gasteiger partial charge in [0.05, 0.1) is 11.7 Å². The molecule has 130 valence electrons. The number of aromatic amines is 1. The van der Waals surface area contributed by atoms with Crippen LogP contribution in [0, 0.1) is 0 Å². The number of pyridine rings is 1. The van der Waals surface area contributed by atoms with Crippen molar-refractivity contribution >= 4 is 32.4 Å². The van der Waals surface area contributed by atoms with Crippen LogP contribution < -0.4 is 5.32 Å². The SMILES string of the molecule is O=S(=O)(c1ccc(Nc2ccc3[nH]ncc3c2)nc1)N1CCCCC1. The highest BCUT2D eigenvalue weighted by atomic mass is 32.2. The molecule has 7 nitrogen and oxygen atoms in total. The Labute approximate surface area is 146 Å². The van der Waals surface area contributed by atoms with Crippen LogP contribution in [0.5, 0.6) is 0 Å². The van der Waals surface area contributed by atoms with Crippen LogP contribution in [0.2, 0.25) is 0 Å². The second kappa shape index (κ2) is 6.45. The predicted octanol–water partition coefficient (Wildman–Crippen LogP) is 2.88. The molecule has 0 atom stereocenters. The first kappa shape index (κ1) is 16.0. The first-order chi connectivity index (χ1) is 12.1. The quantitative estimate of drug-likeness (QED) is 0.749. The normalized spacial score (nSPS) is 16.2. The van der Waals surface area contributed by atoms with Gasteiger partial charge < -0.3 is 5.32 Å². The van der Waals surface area contributed by atoms with Gasteiger partial charge in [0.1, 0.15) is 10.7 Å². The molecular formula is C17H19N5O2S. The summed E-state index contributed by atoms with van der Waals surface area (Å²) < 4.78 is 26.8. The van der Waals surface area contributed by atoms with Crippen LogP contribution in [0.25, 0.3) is 10.9 Å². The Morgan fingerprint density at radius 3 is 2.64 bits per heavy atom. The maximum Gasteiger partial charge on any atom is 0.244 e. The number of nitrogens with one attached hydrogen (secondary N) is 2. The third-order valence-electron chi connectivity index (χ3n) is 4.40. The average molecular weight is 357 g/mol. The predicted molar refractivity (Wildman–Crippen MR) is 96.2 cm³/mol. The molecular weight excluding hydrogens is 338 g/mol. The van der Waals surface area contributed by atoms with Crippen molar-refractivity contribution in [2.45, 2.75) is 24.2 Å². The lowest BCUT2D eigenvalue weighted by molar-refractivity contribution is 0.346. The van der Waals surface area contributed by atoms with Gasteiger partial charge in [-0.3, -0.25) is 5.10 Å². The molecule has 25 heavy (non-hydrogen) atoms. The van der Waals surface area contributed by atoms with Crippen LogP contribution in [0.3, 0.4) is 0 Å². The summed E-state index contributed by atoms with van der Waals surface area (Å²) in [5.41, 5.74) is 1.83. The number of anilines is 2. The Balaban J connectivity index is 1.53. The zero-order chi connectivity index (χ0) is 17.3. The number of sulfonamides is 1. The molecule has 1 aromatic carbocycles. The van der Waals surface area contributed by atoms with Crippen molar-refractivity contribution in [2.75, 3.05) is 18.4 Å². The number of hydrogen-bond donors (Lipinski definition) is 2. The smallest absolute Gasteiger partial charge is 0.244 e. The van der Waals surface area contributed by atoms with E-state index < -0.39 is 10.0 Å². The van der Waals surface area contributed by atoms with Crippen molar-refractivity contribution in [2.24, 2.45) is 0 Å². The summed E-state index contributed by atoms with van der Waals surface area (Å²) in [5.74, 6) is 0.598. The van der Waals surface area contributed by atoms with E-state index in [1.54, 1.807) is 22.6 Å². The molecule has 0 radical (unpaired) electrons. The molecule has 1 aliphatic heterocycles. The van der Waals surface area contributed by atoms with Crippen LogP contribution in [0.15, 0.2) is 47.6 Å². The highest BCUT2D eigenvalue weighted by Crippen LogP contribution is 2.23. The minimum absolute atomic E-state index is 0.241. The van der Waals surface area contributed by atoms with E-state index in [-0.39, 0.29) is 4.90 Å². The van der Waals surface area contributed by atoms with Gasteiger partial charge in [-0.25, -0.2) is 13.4 Å². The Bertz CT molecular complexity index is 976. The van der Waals surface area contributed by atoms with E-state index in [4.69, 9.17) is 0 Å². The molecule has 0 unspecified atom stereocenters. The summed E-state index contributed by atoms with van der Waals surface area (Å²) in [7, 11) is -3.44. The molecule has 0 bridgehead atoms. The van der Waals surface area contributed by atoms with Crippen LogP contribution in [-0.4, -0.2) is 41.0 Å². The summed E-state index contributed by atoms with van der Waals surface area (Å²) in [5, 5.41) is 11.1. The van der Waals surface area contributed by atoms with Gasteiger partial charge in [-0.15, -0.1) is 0 Å². The summed E-state index contributed by atoms with van der Waals surface area (Å²) in [6.45, 7) is 1.18. The summed E-state index contributed by atoms with van der Waals surface area (Å²) in [6.07, 6.45) is 6.10. The Hall–Kier alpha value is -2.45. The summed E-state index contributed by atoms with van der Waals surface area (Å²) in [4.78, 5) is 4.50. The fourth-order valence-electron chi connectivity index (χ4n) is 3.03. The number of benzene rings is 1. The molecule has 1 saturated heterocycles. The minimum atomic E-state index is -3.44. The van der Waals surface area contributed by atoms with Gasteiger partial charge in [0.25, 0.3) is 0 Å². The molecule has 0 amide bonds. The third-order valence-corrected chi connectivity index (χ3v) is 6.28. The molecule has 2 aromatic heterocycles. The third kappa shape index (κ3) is 3.22. The molecule has 8 heteroatoms. The van der Waals surface area contributed by atoms with E-state index in [0.717, 1.165) is 35.9 Å². The Morgan fingerprint density at radius 2 is 1.88 bits per heavy atom. The largest absolute Gasteiger partial charge is 0.340 e. The van der Waals surface area contributed by atoms with E-state index >= 15 is 0 Å². The van der Waals surface area contributed by atoms with Crippen molar-refractivity contribution in [3.63, 3.8) is 0 Å². The van der Waals surface area contributed by atoms with E-state index in [0.29, 0.717) is 18.9 Å². The summed E-state index contributed by atoms with van der Waals surface area (Å²) in [6, 6.07) is 9.10. The molecule has 3 heterocycles. The minimum Gasteiger partial charge on any atom is -0.340 e. The topological polar surface area (TPSA) is 91.0 Å². The van der Waals surface area contributed by atoms with Gasteiger partial charge in [0.2, 0.25) is 10.0 Å². The lowest BCUT2D eigenvalue weighted by atomic mass is 10.2. The van der Waals surface area contributed by atoms with Gasteiger partial charge >= 0.3 is 0 Å². The van der Waals surface area contributed by atoms with Crippen molar-refractivity contribution in [1.29, 1.82) is 0 Å². The average Bonchev–Trinajstić information content (AvgIpc) is 3.11. The lowest BCUT2D eigenvalue weighted by Crippen LogP contribution is -2.35. The van der Waals surface area contributed by atoms with E-state index in [1.807, 2.05) is 18.2 Å². The van der Waals surface area contributed by atoms with Crippen molar-refractivity contribution in [1.82, 2.24) is 19.5 Å². The molecule has 1 fully saturated rings. The molecule has 4 rings (SSSR count). The maximum atomic E-state index is 12.6. The highest BCUT2D eigenvalue weighted by molar-refractivity contribution is 7.89. The van der Waals surface area contributed by atoms with Crippen LogP contribution in [0.1, 0.15) is 19.3 Å². The number of rotatable bonds is 4. The van der Waals surface area contributed by atoms with Crippen LogP contribution >= 0.6 is 0 Å². The lowest BCUT2D eigenvalue weighted by Gasteiger charge is -2.25. The fourth-order valence-corrected chi connectivity index (χ4v) is 4.49. The Morgan fingerprint density at radius 1 is 1.04 bits per heavy atom. The first-order valence-corrected chi connectivity index (χ1v) is 9.73. The van der Waals surface area contributed by atoms with E-state index in [1.165, 1.54) is 6.20 Å². The fraction of sp³-hybridized carbons (Fsp3) is 0.294. The molecule has 0 saturated carbocycles. The van der Waals surface area contributed by atoms with Crippen molar-refractivity contribution < 1.29 is 8.42 Å². The number of nitrogens with zero attached hydrogens (tertiary/aromatic N) is 3. The van der Waals surface area contributed by atoms with E-state index in [2.05, 4.69) is 20.5 Å².